The quantitative estimate of drug-likeness (QED) is 0.736. The number of hydrogen-bond donors (Lipinski definition) is 2. The molecular weight excluding hydrogens is 334 g/mol. The van der Waals surface area contributed by atoms with Crippen LogP contribution >= 0.6 is 23.3 Å². The number of anilines is 1. The lowest BCUT2D eigenvalue weighted by molar-refractivity contribution is 0.686. The van der Waals surface area contributed by atoms with Crippen molar-refractivity contribution >= 4 is 39.4 Å². The molecule has 0 aliphatic carbocycles. The lowest BCUT2D eigenvalue weighted by Crippen LogP contribution is -2.14. The van der Waals surface area contributed by atoms with Crippen molar-refractivity contribution in [3.05, 3.63) is 40.4 Å². The number of aromatic nitrogens is 1. The number of benzene rings is 1. The smallest absolute Gasteiger partial charge is 0.195 e. The second-order valence-corrected chi connectivity index (χ2v) is 8.13. The van der Waals surface area contributed by atoms with E-state index in [1.165, 1.54) is 11.3 Å². The van der Waals surface area contributed by atoms with Crippen LogP contribution in [0.3, 0.4) is 0 Å². The Kier molecular flexibility index (Phi) is 6.43. The van der Waals surface area contributed by atoms with Crippen LogP contribution < -0.4 is 9.44 Å². The van der Waals surface area contributed by atoms with Crippen LogP contribution in [0.1, 0.15) is 30.7 Å². The Morgan fingerprint density at radius 2 is 2.14 bits per heavy atom. The Morgan fingerprint density at radius 1 is 1.36 bits per heavy atom. The van der Waals surface area contributed by atoms with Crippen molar-refractivity contribution in [3.63, 3.8) is 0 Å². The molecule has 1 aromatic heterocycles. The van der Waals surface area contributed by atoms with Gasteiger partial charge in [-0.05, 0) is 44.9 Å². The maximum Gasteiger partial charge on any atom is 0.195 e. The molecule has 2 N–H and O–H groups in total. The molecule has 4 nitrogen and oxygen atoms in total. The van der Waals surface area contributed by atoms with Gasteiger partial charge >= 0.3 is 0 Å². The molecule has 2 rings (SSSR count). The summed E-state index contributed by atoms with van der Waals surface area (Å²) in [4.78, 5) is 5.29. The Bertz CT molecular complexity index is 655. The predicted octanol–water partition coefficient (Wildman–Crippen LogP) is 4.04. The van der Waals surface area contributed by atoms with Crippen LogP contribution in [-0.2, 0) is 16.7 Å². The van der Waals surface area contributed by atoms with E-state index in [1.54, 1.807) is 11.9 Å². The molecule has 0 fully saturated rings. The number of rotatable bonds is 7. The molecule has 7 heteroatoms. The Hall–Kier alpha value is -0.890. The number of aryl methyl sites for hydroxylation is 1. The molecule has 0 bridgehead atoms. The third-order valence-electron chi connectivity index (χ3n) is 3.03. The number of hydrogen-bond acceptors (Lipinski definition) is 5. The Balaban J connectivity index is 1.97. The van der Waals surface area contributed by atoms with Crippen molar-refractivity contribution in [1.82, 2.24) is 9.71 Å². The summed E-state index contributed by atoms with van der Waals surface area (Å²) in [7, 11) is -1.28. The van der Waals surface area contributed by atoms with Gasteiger partial charge in [-0.2, -0.15) is 0 Å². The monoisotopic (exact) mass is 355 g/mol. The summed E-state index contributed by atoms with van der Waals surface area (Å²) in [5, 5.41) is 2.69. The Morgan fingerprint density at radius 3 is 2.86 bits per heavy atom. The van der Waals surface area contributed by atoms with Crippen molar-refractivity contribution in [2.24, 2.45) is 0 Å². The number of thiazole rings is 1. The fourth-order valence-electron chi connectivity index (χ4n) is 1.76. The van der Waals surface area contributed by atoms with Gasteiger partial charge < -0.3 is 0 Å². The molecule has 0 radical (unpaired) electrons. The van der Waals surface area contributed by atoms with Crippen LogP contribution in [0.5, 0.6) is 0 Å². The minimum atomic E-state index is -1.28. The first-order valence-electron chi connectivity index (χ1n) is 7.03. The molecule has 0 saturated carbocycles. The van der Waals surface area contributed by atoms with E-state index in [0.717, 1.165) is 27.5 Å². The van der Waals surface area contributed by atoms with E-state index in [4.69, 9.17) is 0 Å². The van der Waals surface area contributed by atoms with E-state index in [0.29, 0.717) is 11.2 Å². The van der Waals surface area contributed by atoms with Gasteiger partial charge in [-0.15, -0.1) is 11.3 Å². The second kappa shape index (κ2) is 8.10. The molecular formula is C15H21N3OS3. The summed E-state index contributed by atoms with van der Waals surface area (Å²) < 4.78 is 18.7. The minimum Gasteiger partial charge on any atom is -0.277 e. The molecule has 2 aromatic rings. The molecule has 0 aliphatic heterocycles. The van der Waals surface area contributed by atoms with Crippen LogP contribution in [-0.4, -0.2) is 15.2 Å². The first-order chi connectivity index (χ1) is 10.5. The molecule has 120 valence electrons. The highest BCUT2D eigenvalue weighted by Gasteiger charge is 2.11. The molecule has 1 atom stereocenters. The van der Waals surface area contributed by atoms with Crippen LogP contribution in [0.4, 0.5) is 5.13 Å². The highest BCUT2D eigenvalue weighted by Crippen LogP contribution is 2.22. The zero-order valence-electron chi connectivity index (χ0n) is 13.2. The van der Waals surface area contributed by atoms with Gasteiger partial charge in [0.05, 0.1) is 16.3 Å². The zero-order valence-corrected chi connectivity index (χ0v) is 15.6. The summed E-state index contributed by atoms with van der Waals surface area (Å²) in [6.45, 7) is 8.23. The van der Waals surface area contributed by atoms with Crippen LogP contribution in [0.25, 0.3) is 0 Å². The van der Waals surface area contributed by atoms with Crippen molar-refractivity contribution in [2.45, 2.75) is 44.4 Å². The highest BCUT2D eigenvalue weighted by molar-refractivity contribution is 7.96. The van der Waals surface area contributed by atoms with Gasteiger partial charge in [-0.25, -0.2) is 9.19 Å². The fraction of sp³-hybridized carbons (Fsp3) is 0.400. The van der Waals surface area contributed by atoms with Crippen LogP contribution in [0, 0.1) is 13.8 Å². The molecule has 0 aliphatic rings. The summed E-state index contributed by atoms with van der Waals surface area (Å²) in [5.41, 5.74) is 3.19. The van der Waals surface area contributed by atoms with Gasteiger partial charge in [0.15, 0.2) is 16.1 Å². The standard InChI is InChI=1S/C15H21N3OS3/c1-10(2)17-21-9-13-8-20-15(16-13)18-22(19)14-7-5-6-11(3)12(14)4/h5-8,10,17H,9H2,1-4H3,(H,16,18). The van der Waals surface area contributed by atoms with Gasteiger partial charge in [-0.3, -0.25) is 9.44 Å². The maximum absolute atomic E-state index is 12.4. The summed E-state index contributed by atoms with van der Waals surface area (Å²) in [6, 6.07) is 6.29. The van der Waals surface area contributed by atoms with Crippen molar-refractivity contribution in [1.29, 1.82) is 0 Å². The van der Waals surface area contributed by atoms with Gasteiger partial charge in [-0.1, -0.05) is 24.1 Å². The number of nitrogens with one attached hydrogen (secondary N) is 2. The zero-order chi connectivity index (χ0) is 16.1. The average Bonchev–Trinajstić information content (AvgIpc) is 2.89. The van der Waals surface area contributed by atoms with Crippen LogP contribution in [0.2, 0.25) is 0 Å². The third-order valence-corrected chi connectivity index (χ3v) is 6.26. The van der Waals surface area contributed by atoms with E-state index in [1.807, 2.05) is 37.4 Å². The van der Waals surface area contributed by atoms with E-state index in [-0.39, 0.29) is 0 Å². The lowest BCUT2D eigenvalue weighted by atomic mass is 10.1. The average molecular weight is 356 g/mol. The molecule has 1 aromatic carbocycles. The van der Waals surface area contributed by atoms with E-state index < -0.39 is 11.0 Å². The summed E-state index contributed by atoms with van der Waals surface area (Å²) in [5.74, 6) is 0.798. The molecule has 0 amide bonds. The van der Waals surface area contributed by atoms with Crippen LogP contribution in [0.15, 0.2) is 28.5 Å². The van der Waals surface area contributed by atoms with Crippen molar-refractivity contribution in [2.75, 3.05) is 4.72 Å². The van der Waals surface area contributed by atoms with Gasteiger partial charge in [0, 0.05) is 11.4 Å². The first kappa shape index (κ1) is 17.5. The largest absolute Gasteiger partial charge is 0.277 e. The minimum absolute atomic E-state index is 0.443. The molecule has 1 unspecified atom stereocenters. The normalized spacial score (nSPS) is 12.6. The third kappa shape index (κ3) is 4.81. The van der Waals surface area contributed by atoms with Gasteiger partial charge in [0.1, 0.15) is 0 Å². The van der Waals surface area contributed by atoms with Gasteiger partial charge in [0.25, 0.3) is 0 Å². The number of nitrogens with zero attached hydrogens (tertiary/aromatic N) is 1. The van der Waals surface area contributed by atoms with E-state index in [9.17, 15) is 4.21 Å². The summed E-state index contributed by atoms with van der Waals surface area (Å²) >= 11 is 3.12. The lowest BCUT2D eigenvalue weighted by Gasteiger charge is -2.08. The van der Waals surface area contributed by atoms with Gasteiger partial charge in [0.2, 0.25) is 0 Å². The summed E-state index contributed by atoms with van der Waals surface area (Å²) in [6.07, 6.45) is 0. The predicted molar refractivity (Wildman–Crippen MR) is 97.6 cm³/mol. The fourth-order valence-corrected chi connectivity index (χ4v) is 4.51. The molecule has 1 heterocycles. The van der Waals surface area contributed by atoms with Crippen molar-refractivity contribution < 1.29 is 4.21 Å². The second-order valence-electron chi connectivity index (χ2n) is 5.27. The first-order valence-corrected chi connectivity index (χ1v) is 10.0. The van der Waals surface area contributed by atoms with Crippen molar-refractivity contribution in [3.8, 4) is 0 Å². The molecule has 0 saturated heterocycles. The highest BCUT2D eigenvalue weighted by atomic mass is 32.2. The van der Waals surface area contributed by atoms with E-state index >= 15 is 0 Å². The van der Waals surface area contributed by atoms with E-state index in [2.05, 4.69) is 28.3 Å². The maximum atomic E-state index is 12.4. The SMILES string of the molecule is Cc1cccc(S(=O)Nc2nc(CSNC(C)C)cs2)c1C. The Labute approximate surface area is 142 Å². The molecule has 0 spiro atoms. The molecule has 22 heavy (non-hydrogen) atoms. The topological polar surface area (TPSA) is 54.0 Å².